The predicted octanol–water partition coefficient (Wildman–Crippen LogP) is 2.52. The zero-order valence-electron chi connectivity index (χ0n) is 13.2. The number of anilines is 3. The van der Waals surface area contributed by atoms with E-state index in [4.69, 9.17) is 10.5 Å². The summed E-state index contributed by atoms with van der Waals surface area (Å²) in [5.41, 5.74) is 6.00. The number of nitrogen functional groups attached to an aromatic ring is 1. The number of carbonyl (C=O) groups excluding carboxylic acids is 1. The summed E-state index contributed by atoms with van der Waals surface area (Å²) in [7, 11) is 0. The van der Waals surface area contributed by atoms with Gasteiger partial charge in [-0.25, -0.2) is 14.8 Å². The van der Waals surface area contributed by atoms with Crippen molar-refractivity contribution in [3.05, 3.63) is 46.3 Å². The number of nitrogens with one attached hydrogen (secondary N) is 1. The van der Waals surface area contributed by atoms with Crippen LogP contribution >= 0.6 is 0 Å². The molecule has 9 nitrogen and oxygen atoms in total. The lowest BCUT2D eigenvalue weighted by Gasteiger charge is -2.09. The van der Waals surface area contributed by atoms with E-state index >= 15 is 0 Å². The van der Waals surface area contributed by atoms with E-state index in [0.29, 0.717) is 17.9 Å². The Labute approximate surface area is 138 Å². The minimum atomic E-state index is -0.657. The van der Waals surface area contributed by atoms with E-state index in [9.17, 15) is 14.9 Å². The number of aromatic nitrogens is 2. The summed E-state index contributed by atoms with van der Waals surface area (Å²) in [6.45, 7) is 4.23. The molecule has 0 aliphatic carbocycles. The number of hydrogen-bond donors (Lipinski definition) is 2. The van der Waals surface area contributed by atoms with Gasteiger partial charge in [0.1, 0.15) is 6.33 Å². The number of ether oxygens (including phenoxy) is 1. The van der Waals surface area contributed by atoms with Crippen molar-refractivity contribution in [2.24, 2.45) is 5.92 Å². The summed E-state index contributed by atoms with van der Waals surface area (Å²) in [4.78, 5) is 29.7. The Kier molecular flexibility index (Phi) is 5.25. The SMILES string of the molecule is CC(C)COC(=O)c1ccc(Nc2ncnc(N)c2[N+](=O)[O-])cc1. The monoisotopic (exact) mass is 331 g/mol. The first kappa shape index (κ1) is 17.1. The highest BCUT2D eigenvalue weighted by molar-refractivity contribution is 5.90. The van der Waals surface area contributed by atoms with E-state index in [1.165, 1.54) is 0 Å². The van der Waals surface area contributed by atoms with Crippen LogP contribution in [-0.4, -0.2) is 27.5 Å². The lowest BCUT2D eigenvalue weighted by Crippen LogP contribution is -2.10. The Morgan fingerprint density at radius 3 is 2.58 bits per heavy atom. The molecule has 0 bridgehead atoms. The maximum Gasteiger partial charge on any atom is 0.353 e. The maximum atomic E-state index is 11.8. The van der Waals surface area contributed by atoms with Crippen molar-refractivity contribution in [1.82, 2.24) is 9.97 Å². The Hall–Kier alpha value is -3.23. The summed E-state index contributed by atoms with van der Waals surface area (Å²) >= 11 is 0. The first-order valence-electron chi connectivity index (χ1n) is 7.17. The van der Waals surface area contributed by atoms with Gasteiger partial charge in [-0.2, -0.15) is 0 Å². The topological polar surface area (TPSA) is 133 Å². The fourth-order valence-corrected chi connectivity index (χ4v) is 1.82. The molecule has 126 valence electrons. The third kappa shape index (κ3) is 4.15. The van der Waals surface area contributed by atoms with Gasteiger partial charge in [0.15, 0.2) is 0 Å². The molecular weight excluding hydrogens is 314 g/mol. The molecule has 0 radical (unpaired) electrons. The van der Waals surface area contributed by atoms with E-state index in [0.717, 1.165) is 6.33 Å². The average molecular weight is 331 g/mol. The van der Waals surface area contributed by atoms with Gasteiger partial charge in [-0.1, -0.05) is 13.8 Å². The van der Waals surface area contributed by atoms with Crippen LogP contribution in [0.15, 0.2) is 30.6 Å². The van der Waals surface area contributed by atoms with Crippen LogP contribution < -0.4 is 11.1 Å². The number of nitrogens with zero attached hydrogens (tertiary/aromatic N) is 3. The van der Waals surface area contributed by atoms with Crippen LogP contribution in [0.3, 0.4) is 0 Å². The number of esters is 1. The lowest BCUT2D eigenvalue weighted by molar-refractivity contribution is -0.383. The number of hydrogen-bond acceptors (Lipinski definition) is 8. The van der Waals surface area contributed by atoms with Gasteiger partial charge in [0.25, 0.3) is 0 Å². The molecule has 3 N–H and O–H groups in total. The number of carbonyl (C=O) groups is 1. The summed E-state index contributed by atoms with van der Waals surface area (Å²) < 4.78 is 5.13. The standard InChI is InChI=1S/C15H17N5O4/c1-9(2)7-24-15(21)10-3-5-11(6-4-10)19-14-12(20(22)23)13(16)17-8-18-14/h3-6,8-9H,7H2,1-2H3,(H3,16,17,18,19). The molecule has 0 aliphatic heterocycles. The van der Waals surface area contributed by atoms with Gasteiger partial charge in [0.2, 0.25) is 11.6 Å². The Balaban J connectivity index is 2.14. The fourth-order valence-electron chi connectivity index (χ4n) is 1.82. The molecule has 0 saturated carbocycles. The molecule has 0 spiro atoms. The van der Waals surface area contributed by atoms with Crippen LogP contribution in [0.4, 0.5) is 23.0 Å². The van der Waals surface area contributed by atoms with Crippen LogP contribution in [0.1, 0.15) is 24.2 Å². The highest BCUT2D eigenvalue weighted by Gasteiger charge is 2.21. The summed E-state index contributed by atoms with van der Waals surface area (Å²) in [5, 5.41) is 13.8. The van der Waals surface area contributed by atoms with E-state index in [-0.39, 0.29) is 17.6 Å². The number of rotatable bonds is 6. The normalized spacial score (nSPS) is 10.5. The lowest BCUT2D eigenvalue weighted by atomic mass is 10.2. The molecule has 0 amide bonds. The van der Waals surface area contributed by atoms with Gasteiger partial charge >= 0.3 is 11.7 Å². The van der Waals surface area contributed by atoms with Gasteiger partial charge in [-0.05, 0) is 30.2 Å². The van der Waals surface area contributed by atoms with Gasteiger partial charge in [0.05, 0.1) is 17.1 Å². The number of nitrogens with two attached hydrogens (primary N) is 1. The van der Waals surface area contributed by atoms with Crippen molar-refractivity contribution in [3.8, 4) is 0 Å². The highest BCUT2D eigenvalue weighted by atomic mass is 16.6. The van der Waals surface area contributed by atoms with Gasteiger partial charge in [0, 0.05) is 5.69 Å². The van der Waals surface area contributed by atoms with E-state index < -0.39 is 16.6 Å². The summed E-state index contributed by atoms with van der Waals surface area (Å²) in [6.07, 6.45) is 1.13. The molecule has 9 heteroatoms. The number of nitro groups is 1. The van der Waals surface area contributed by atoms with Crippen molar-refractivity contribution in [1.29, 1.82) is 0 Å². The molecule has 2 aromatic rings. The van der Waals surface area contributed by atoms with Crippen LogP contribution in [0, 0.1) is 16.0 Å². The molecule has 0 saturated heterocycles. The average Bonchev–Trinajstić information content (AvgIpc) is 2.53. The van der Waals surface area contributed by atoms with Crippen LogP contribution in [-0.2, 0) is 4.74 Å². The quantitative estimate of drug-likeness (QED) is 0.468. The number of benzene rings is 1. The minimum absolute atomic E-state index is 0.0253. The molecule has 1 aromatic heterocycles. The van der Waals surface area contributed by atoms with Gasteiger partial charge < -0.3 is 15.8 Å². The van der Waals surface area contributed by atoms with Crippen LogP contribution in [0.5, 0.6) is 0 Å². The van der Waals surface area contributed by atoms with Crippen molar-refractivity contribution >= 4 is 29.0 Å². The fraction of sp³-hybridized carbons (Fsp3) is 0.267. The van der Waals surface area contributed by atoms with Crippen molar-refractivity contribution in [2.45, 2.75) is 13.8 Å². The predicted molar refractivity (Wildman–Crippen MR) is 87.9 cm³/mol. The van der Waals surface area contributed by atoms with Crippen LogP contribution in [0.2, 0.25) is 0 Å². The van der Waals surface area contributed by atoms with E-state index in [1.54, 1.807) is 24.3 Å². The Morgan fingerprint density at radius 2 is 2.00 bits per heavy atom. The van der Waals surface area contributed by atoms with Gasteiger partial charge in [-0.3, -0.25) is 10.1 Å². The molecular formula is C15H17N5O4. The molecule has 1 heterocycles. The first-order valence-corrected chi connectivity index (χ1v) is 7.17. The molecule has 1 aromatic carbocycles. The Bertz CT molecular complexity index is 746. The third-order valence-corrected chi connectivity index (χ3v) is 2.96. The Morgan fingerprint density at radius 1 is 1.33 bits per heavy atom. The zero-order chi connectivity index (χ0) is 17.7. The molecule has 0 aliphatic rings. The summed E-state index contributed by atoms with van der Waals surface area (Å²) in [5.74, 6) is -0.430. The molecule has 0 atom stereocenters. The molecule has 2 rings (SSSR count). The van der Waals surface area contributed by atoms with Crippen molar-refractivity contribution < 1.29 is 14.5 Å². The first-order chi connectivity index (χ1) is 11.4. The second-order valence-electron chi connectivity index (χ2n) is 5.41. The molecule has 0 fully saturated rings. The largest absolute Gasteiger partial charge is 0.462 e. The second-order valence-corrected chi connectivity index (χ2v) is 5.41. The van der Waals surface area contributed by atoms with E-state index in [2.05, 4.69) is 15.3 Å². The maximum absolute atomic E-state index is 11.8. The van der Waals surface area contributed by atoms with Crippen LogP contribution in [0.25, 0.3) is 0 Å². The van der Waals surface area contributed by atoms with Crippen molar-refractivity contribution in [3.63, 3.8) is 0 Å². The smallest absolute Gasteiger partial charge is 0.353 e. The molecule has 0 unspecified atom stereocenters. The highest BCUT2D eigenvalue weighted by Crippen LogP contribution is 2.29. The van der Waals surface area contributed by atoms with E-state index in [1.807, 2.05) is 13.8 Å². The zero-order valence-corrected chi connectivity index (χ0v) is 13.2. The minimum Gasteiger partial charge on any atom is -0.462 e. The third-order valence-electron chi connectivity index (χ3n) is 2.96. The summed E-state index contributed by atoms with van der Waals surface area (Å²) in [6, 6.07) is 6.30. The molecule has 24 heavy (non-hydrogen) atoms. The second kappa shape index (κ2) is 7.36. The van der Waals surface area contributed by atoms with Gasteiger partial charge in [-0.15, -0.1) is 0 Å². The van der Waals surface area contributed by atoms with Crippen molar-refractivity contribution in [2.75, 3.05) is 17.7 Å².